The molecule has 0 fully saturated rings. The number of hydrogen-bond acceptors (Lipinski definition) is 5. The van der Waals surface area contributed by atoms with E-state index in [-0.39, 0.29) is 10.9 Å². The van der Waals surface area contributed by atoms with Gasteiger partial charge in [0.25, 0.3) is 5.22 Å². The van der Waals surface area contributed by atoms with Crippen molar-refractivity contribution < 1.29 is 18.0 Å². The number of amides is 1. The number of carbonyl (C=O) groups excluding carboxylic acids is 1. The van der Waals surface area contributed by atoms with Crippen LogP contribution in [-0.2, 0) is 4.79 Å². The standard InChI is InChI=1S/C18H15F2N3O2S/c1-10-4-3-5-12(8-10)17-22-23-18(25-17)26-11(2)16(24)21-15-7-6-13(19)9-14(15)20/h3-9,11H,1-2H3,(H,21,24)/t11-/m0/s1. The van der Waals surface area contributed by atoms with E-state index in [1.165, 1.54) is 6.07 Å². The van der Waals surface area contributed by atoms with Crippen molar-refractivity contribution in [3.63, 3.8) is 0 Å². The highest BCUT2D eigenvalue weighted by atomic mass is 32.2. The Balaban J connectivity index is 1.66. The first kappa shape index (κ1) is 18.1. The van der Waals surface area contributed by atoms with Crippen LogP contribution in [0.25, 0.3) is 11.5 Å². The fraction of sp³-hybridized carbons (Fsp3) is 0.167. The Bertz CT molecular complexity index is 946. The first-order valence-corrected chi connectivity index (χ1v) is 8.63. The Hall–Kier alpha value is -2.74. The SMILES string of the molecule is Cc1cccc(-c2nnc(S[C@@H](C)C(=O)Nc3ccc(F)cc3F)o2)c1. The second-order valence-corrected chi connectivity index (χ2v) is 6.91. The van der Waals surface area contributed by atoms with Gasteiger partial charge in [-0.05, 0) is 38.1 Å². The van der Waals surface area contributed by atoms with Crippen molar-refractivity contribution in [2.75, 3.05) is 5.32 Å². The topological polar surface area (TPSA) is 68.0 Å². The van der Waals surface area contributed by atoms with Gasteiger partial charge in [0, 0.05) is 11.6 Å². The fourth-order valence-electron chi connectivity index (χ4n) is 2.18. The normalized spacial score (nSPS) is 12.0. The molecule has 134 valence electrons. The van der Waals surface area contributed by atoms with Crippen LogP contribution in [0.4, 0.5) is 14.5 Å². The molecule has 5 nitrogen and oxygen atoms in total. The van der Waals surface area contributed by atoms with Gasteiger partial charge >= 0.3 is 0 Å². The zero-order valence-corrected chi connectivity index (χ0v) is 14.8. The number of halogens is 2. The van der Waals surface area contributed by atoms with Gasteiger partial charge in [0.05, 0.1) is 10.9 Å². The molecule has 0 bridgehead atoms. The van der Waals surface area contributed by atoms with E-state index in [1.807, 2.05) is 31.2 Å². The molecule has 0 saturated heterocycles. The maximum absolute atomic E-state index is 13.6. The lowest BCUT2D eigenvalue weighted by molar-refractivity contribution is -0.115. The minimum atomic E-state index is -0.838. The Morgan fingerprint density at radius 2 is 2.00 bits per heavy atom. The summed E-state index contributed by atoms with van der Waals surface area (Å²) >= 11 is 1.05. The molecule has 1 N–H and O–H groups in total. The van der Waals surface area contributed by atoms with E-state index in [4.69, 9.17) is 4.42 Å². The zero-order valence-electron chi connectivity index (χ0n) is 14.0. The van der Waals surface area contributed by atoms with Gasteiger partial charge in [-0.3, -0.25) is 4.79 Å². The number of nitrogens with one attached hydrogen (secondary N) is 1. The highest BCUT2D eigenvalue weighted by molar-refractivity contribution is 8.00. The maximum atomic E-state index is 13.6. The van der Waals surface area contributed by atoms with Crippen LogP contribution in [0.2, 0.25) is 0 Å². The van der Waals surface area contributed by atoms with Crippen molar-refractivity contribution in [1.29, 1.82) is 0 Å². The van der Waals surface area contributed by atoms with E-state index in [9.17, 15) is 13.6 Å². The number of benzene rings is 2. The van der Waals surface area contributed by atoms with E-state index in [1.54, 1.807) is 6.92 Å². The van der Waals surface area contributed by atoms with Crippen LogP contribution in [-0.4, -0.2) is 21.4 Å². The molecule has 0 aliphatic rings. The van der Waals surface area contributed by atoms with Gasteiger partial charge in [0.2, 0.25) is 11.8 Å². The summed E-state index contributed by atoms with van der Waals surface area (Å²) in [6.07, 6.45) is 0. The molecule has 2 aromatic carbocycles. The summed E-state index contributed by atoms with van der Waals surface area (Å²) in [6.45, 7) is 3.58. The van der Waals surface area contributed by atoms with Gasteiger partial charge in [-0.15, -0.1) is 10.2 Å². The summed E-state index contributed by atoms with van der Waals surface area (Å²) in [4.78, 5) is 12.2. The molecule has 0 unspecified atom stereocenters. The summed E-state index contributed by atoms with van der Waals surface area (Å²) < 4.78 is 32.1. The molecule has 1 heterocycles. The second-order valence-electron chi connectivity index (χ2n) is 5.62. The Morgan fingerprint density at radius 3 is 2.73 bits per heavy atom. The molecule has 1 amide bonds. The first-order valence-electron chi connectivity index (χ1n) is 7.75. The van der Waals surface area contributed by atoms with Gasteiger partial charge in [-0.1, -0.05) is 29.5 Å². The van der Waals surface area contributed by atoms with Crippen LogP contribution >= 0.6 is 11.8 Å². The Morgan fingerprint density at radius 1 is 1.19 bits per heavy atom. The van der Waals surface area contributed by atoms with Crippen LogP contribution in [0.3, 0.4) is 0 Å². The molecule has 0 saturated carbocycles. The predicted octanol–water partition coefficient (Wildman–Crippen LogP) is 4.44. The average Bonchev–Trinajstić information content (AvgIpc) is 3.06. The van der Waals surface area contributed by atoms with E-state index in [0.29, 0.717) is 12.0 Å². The molecule has 26 heavy (non-hydrogen) atoms. The quantitative estimate of drug-likeness (QED) is 0.668. The lowest BCUT2D eigenvalue weighted by Gasteiger charge is -2.10. The first-order chi connectivity index (χ1) is 12.4. The zero-order chi connectivity index (χ0) is 18.7. The molecule has 1 atom stereocenters. The molecule has 3 rings (SSSR count). The Kier molecular flexibility index (Phi) is 5.32. The number of aromatic nitrogens is 2. The van der Waals surface area contributed by atoms with Crippen LogP contribution in [0.15, 0.2) is 52.1 Å². The molecule has 1 aromatic heterocycles. The molecule has 3 aromatic rings. The molecule has 0 radical (unpaired) electrons. The van der Waals surface area contributed by atoms with Crippen molar-refractivity contribution in [1.82, 2.24) is 10.2 Å². The predicted molar refractivity (Wildman–Crippen MR) is 94.8 cm³/mol. The van der Waals surface area contributed by atoms with Crippen LogP contribution in [0, 0.1) is 18.6 Å². The smallest absolute Gasteiger partial charge is 0.277 e. The molecular weight excluding hydrogens is 360 g/mol. The molecular formula is C18H15F2N3O2S. The van der Waals surface area contributed by atoms with Crippen molar-refractivity contribution in [3.8, 4) is 11.5 Å². The molecule has 0 aliphatic heterocycles. The van der Waals surface area contributed by atoms with Crippen molar-refractivity contribution in [2.24, 2.45) is 0 Å². The number of anilines is 1. The lowest BCUT2D eigenvalue weighted by Crippen LogP contribution is -2.23. The third-order valence-electron chi connectivity index (χ3n) is 3.51. The molecule has 0 spiro atoms. The number of nitrogens with zero attached hydrogens (tertiary/aromatic N) is 2. The monoisotopic (exact) mass is 375 g/mol. The minimum Gasteiger partial charge on any atom is -0.411 e. The maximum Gasteiger partial charge on any atom is 0.277 e. The van der Waals surface area contributed by atoms with E-state index in [2.05, 4.69) is 15.5 Å². The van der Waals surface area contributed by atoms with Crippen molar-refractivity contribution >= 4 is 23.4 Å². The largest absolute Gasteiger partial charge is 0.411 e. The fourth-order valence-corrected chi connectivity index (χ4v) is 2.87. The van der Waals surface area contributed by atoms with E-state index >= 15 is 0 Å². The number of rotatable bonds is 5. The number of carbonyl (C=O) groups is 1. The highest BCUT2D eigenvalue weighted by Gasteiger charge is 2.20. The van der Waals surface area contributed by atoms with E-state index in [0.717, 1.165) is 29.0 Å². The van der Waals surface area contributed by atoms with Gasteiger partial charge in [-0.25, -0.2) is 8.78 Å². The van der Waals surface area contributed by atoms with Crippen molar-refractivity contribution in [3.05, 3.63) is 59.7 Å². The van der Waals surface area contributed by atoms with Crippen LogP contribution in [0.5, 0.6) is 0 Å². The van der Waals surface area contributed by atoms with Crippen molar-refractivity contribution in [2.45, 2.75) is 24.3 Å². The molecule has 0 aliphatic carbocycles. The lowest BCUT2D eigenvalue weighted by atomic mass is 10.1. The third-order valence-corrected chi connectivity index (χ3v) is 4.44. The summed E-state index contributed by atoms with van der Waals surface area (Å²) in [5.41, 5.74) is 1.76. The van der Waals surface area contributed by atoms with Gasteiger partial charge in [0.1, 0.15) is 11.6 Å². The summed E-state index contributed by atoms with van der Waals surface area (Å²) in [6, 6.07) is 10.5. The van der Waals surface area contributed by atoms with Gasteiger partial charge in [0.15, 0.2) is 0 Å². The van der Waals surface area contributed by atoms with Gasteiger partial charge in [-0.2, -0.15) is 0 Å². The molecule has 8 heteroatoms. The number of hydrogen-bond donors (Lipinski definition) is 1. The van der Waals surface area contributed by atoms with Gasteiger partial charge < -0.3 is 9.73 Å². The summed E-state index contributed by atoms with van der Waals surface area (Å²) in [5.74, 6) is -1.66. The van der Waals surface area contributed by atoms with Crippen LogP contribution in [0.1, 0.15) is 12.5 Å². The van der Waals surface area contributed by atoms with Crippen LogP contribution < -0.4 is 5.32 Å². The summed E-state index contributed by atoms with van der Waals surface area (Å²) in [5, 5.41) is 9.92. The third kappa shape index (κ3) is 4.26. The second kappa shape index (κ2) is 7.65. The summed E-state index contributed by atoms with van der Waals surface area (Å²) in [7, 11) is 0. The Labute approximate surface area is 152 Å². The highest BCUT2D eigenvalue weighted by Crippen LogP contribution is 2.27. The number of thioether (sulfide) groups is 1. The average molecular weight is 375 g/mol. The minimum absolute atomic E-state index is 0.0881. The number of aryl methyl sites for hydroxylation is 1. The van der Waals surface area contributed by atoms with E-state index < -0.39 is 22.8 Å².